The predicted octanol–water partition coefficient (Wildman–Crippen LogP) is 2.45. The predicted molar refractivity (Wildman–Crippen MR) is 45.0 cm³/mol. The van der Waals surface area contributed by atoms with E-state index >= 15 is 0 Å². The van der Waals surface area contributed by atoms with Gasteiger partial charge in [-0.1, -0.05) is 0 Å². The van der Waals surface area contributed by atoms with Crippen LogP contribution in [0.2, 0.25) is 0 Å². The zero-order chi connectivity index (χ0) is 11.0. The van der Waals surface area contributed by atoms with Gasteiger partial charge in [-0.15, -0.1) is 11.6 Å². The first-order chi connectivity index (χ1) is 6.61. The maximum Gasteiger partial charge on any atom is 0.306 e. The highest BCUT2D eigenvalue weighted by atomic mass is 35.5. The average molecular weight is 228 g/mol. The van der Waals surface area contributed by atoms with E-state index in [2.05, 4.69) is 14.8 Å². The summed E-state index contributed by atoms with van der Waals surface area (Å²) in [5.74, 6) is -0.626. The van der Waals surface area contributed by atoms with E-state index in [4.69, 9.17) is 17.1 Å². The molecule has 80 valence electrons. The second-order valence-electron chi connectivity index (χ2n) is 2.21. The molecule has 0 aliphatic carbocycles. The van der Waals surface area contributed by atoms with Gasteiger partial charge in [-0.25, -0.2) is 8.78 Å². The number of hydrogen-bond acceptors (Lipinski definition) is 3. The van der Waals surface area contributed by atoms with Crippen LogP contribution in [-0.2, 0) is 9.53 Å². The number of rotatable bonds is 6. The van der Waals surface area contributed by atoms with Gasteiger partial charge in [0.05, 0.1) is 0 Å². The third-order valence-electron chi connectivity index (χ3n) is 1.15. The monoisotopic (exact) mass is 227 g/mol. The Bertz CT molecular complexity index is 233. The van der Waals surface area contributed by atoms with Crippen LogP contribution in [0.25, 0.3) is 10.4 Å². The fraction of sp³-hybridized carbons (Fsp3) is 0.833. The Morgan fingerprint density at radius 2 is 2.29 bits per heavy atom. The molecule has 0 aromatic heterocycles. The average Bonchev–Trinajstić information content (AvgIpc) is 2.14. The summed E-state index contributed by atoms with van der Waals surface area (Å²) in [4.78, 5) is 12.9. The van der Waals surface area contributed by atoms with E-state index in [9.17, 15) is 13.6 Å². The first-order valence-electron chi connectivity index (χ1n) is 3.69. The number of halogens is 3. The Labute approximate surface area is 83.6 Å². The molecule has 5 nitrogen and oxygen atoms in total. The molecule has 0 aliphatic rings. The van der Waals surface area contributed by atoms with Crippen LogP contribution in [0.3, 0.4) is 0 Å². The standard InChI is InChI=1S/C6H8ClF2N3O2/c7-3-1-2-4(13)14-6(5(8)9)11-12-10/h5-6H,1-3H2. The summed E-state index contributed by atoms with van der Waals surface area (Å²) in [6.07, 6.45) is -4.83. The highest BCUT2D eigenvalue weighted by Gasteiger charge is 2.22. The molecule has 0 aliphatic heterocycles. The molecule has 1 unspecified atom stereocenters. The number of alkyl halides is 3. The van der Waals surface area contributed by atoms with Gasteiger partial charge in [-0.05, 0) is 17.1 Å². The van der Waals surface area contributed by atoms with Crippen molar-refractivity contribution in [2.45, 2.75) is 25.5 Å². The fourth-order valence-electron chi connectivity index (χ4n) is 0.581. The molecule has 14 heavy (non-hydrogen) atoms. The minimum Gasteiger partial charge on any atom is -0.450 e. The van der Waals surface area contributed by atoms with E-state index in [-0.39, 0.29) is 12.3 Å². The van der Waals surface area contributed by atoms with Crippen molar-refractivity contribution in [3.63, 3.8) is 0 Å². The van der Waals surface area contributed by atoms with E-state index in [0.29, 0.717) is 6.42 Å². The maximum atomic E-state index is 12.0. The Morgan fingerprint density at radius 3 is 2.71 bits per heavy atom. The summed E-state index contributed by atoms with van der Waals surface area (Å²) in [6, 6.07) is 0. The summed E-state index contributed by atoms with van der Waals surface area (Å²) in [7, 11) is 0. The number of ether oxygens (including phenoxy) is 1. The van der Waals surface area contributed by atoms with Crippen LogP contribution in [0.15, 0.2) is 5.11 Å². The molecule has 0 rings (SSSR count). The molecule has 0 saturated heterocycles. The molecule has 1 atom stereocenters. The van der Waals surface area contributed by atoms with Crippen LogP contribution >= 0.6 is 11.6 Å². The van der Waals surface area contributed by atoms with Crippen molar-refractivity contribution < 1.29 is 18.3 Å². The van der Waals surface area contributed by atoms with Crippen molar-refractivity contribution in [1.82, 2.24) is 0 Å². The highest BCUT2D eigenvalue weighted by molar-refractivity contribution is 6.17. The van der Waals surface area contributed by atoms with Crippen molar-refractivity contribution in [2.75, 3.05) is 5.88 Å². The lowest BCUT2D eigenvalue weighted by molar-refractivity contribution is -0.156. The summed E-state index contributed by atoms with van der Waals surface area (Å²) < 4.78 is 28.2. The van der Waals surface area contributed by atoms with Gasteiger partial charge in [-0.2, -0.15) is 0 Å². The zero-order valence-electron chi connectivity index (χ0n) is 7.07. The maximum absolute atomic E-state index is 12.0. The number of nitrogens with zero attached hydrogens (tertiary/aromatic N) is 3. The third-order valence-corrected chi connectivity index (χ3v) is 1.41. The van der Waals surface area contributed by atoms with Crippen molar-refractivity contribution in [1.29, 1.82) is 0 Å². The van der Waals surface area contributed by atoms with E-state index < -0.39 is 18.6 Å². The number of carbonyl (C=O) groups excluding carboxylic acids is 1. The lowest BCUT2D eigenvalue weighted by atomic mass is 10.3. The third kappa shape index (κ3) is 5.55. The molecular formula is C6H8ClF2N3O2. The molecule has 0 aromatic carbocycles. The largest absolute Gasteiger partial charge is 0.450 e. The molecule has 0 bridgehead atoms. The van der Waals surface area contributed by atoms with Gasteiger partial charge in [0.1, 0.15) is 0 Å². The van der Waals surface area contributed by atoms with Gasteiger partial charge in [-0.3, -0.25) is 4.79 Å². The van der Waals surface area contributed by atoms with Gasteiger partial charge in [0.25, 0.3) is 6.43 Å². The fourth-order valence-corrected chi connectivity index (χ4v) is 0.715. The first-order valence-corrected chi connectivity index (χ1v) is 4.23. The van der Waals surface area contributed by atoms with Gasteiger partial charge < -0.3 is 4.74 Å². The van der Waals surface area contributed by atoms with Crippen LogP contribution < -0.4 is 0 Å². The Kier molecular flexibility index (Phi) is 6.78. The summed E-state index contributed by atoms with van der Waals surface area (Å²) in [5, 5.41) is 2.63. The molecule has 0 aromatic rings. The number of azide groups is 1. The van der Waals surface area contributed by atoms with Crippen molar-refractivity contribution in [2.24, 2.45) is 5.11 Å². The Balaban J connectivity index is 4.03. The molecular weight excluding hydrogens is 220 g/mol. The second-order valence-corrected chi connectivity index (χ2v) is 2.59. The van der Waals surface area contributed by atoms with E-state index in [1.165, 1.54) is 0 Å². The zero-order valence-corrected chi connectivity index (χ0v) is 7.82. The SMILES string of the molecule is [N-]=[N+]=NC(OC(=O)CCCCl)C(F)F. The Hall–Kier alpha value is -1.07. The number of esters is 1. The van der Waals surface area contributed by atoms with Crippen LogP contribution in [0.4, 0.5) is 8.78 Å². The first kappa shape index (κ1) is 12.9. The number of hydrogen-bond donors (Lipinski definition) is 0. The van der Waals surface area contributed by atoms with Gasteiger partial charge in [0.15, 0.2) is 0 Å². The molecule has 0 radical (unpaired) electrons. The topological polar surface area (TPSA) is 75.1 Å². The highest BCUT2D eigenvalue weighted by Crippen LogP contribution is 2.09. The van der Waals surface area contributed by atoms with Gasteiger partial charge >= 0.3 is 5.97 Å². The normalized spacial score (nSPS) is 12.0. The van der Waals surface area contributed by atoms with Crippen molar-refractivity contribution in [3.8, 4) is 0 Å². The lowest BCUT2D eigenvalue weighted by Crippen LogP contribution is -2.22. The molecule has 0 saturated carbocycles. The molecule has 0 heterocycles. The molecule has 8 heteroatoms. The quantitative estimate of drug-likeness (QED) is 0.230. The summed E-state index contributed by atoms with van der Waals surface area (Å²) in [6.45, 7) is 0. The van der Waals surface area contributed by atoms with Gasteiger partial charge in [0.2, 0.25) is 6.23 Å². The second kappa shape index (κ2) is 7.34. The smallest absolute Gasteiger partial charge is 0.306 e. The summed E-state index contributed by atoms with van der Waals surface area (Å²) in [5.41, 5.74) is 7.89. The molecule has 0 fully saturated rings. The van der Waals surface area contributed by atoms with E-state index in [1.807, 2.05) is 0 Å². The minimum absolute atomic E-state index is 0.0757. The lowest BCUT2D eigenvalue weighted by Gasteiger charge is -2.10. The molecule has 0 N–H and O–H groups in total. The van der Waals surface area contributed by atoms with E-state index in [0.717, 1.165) is 0 Å². The van der Waals surface area contributed by atoms with Crippen LogP contribution in [0.1, 0.15) is 12.8 Å². The van der Waals surface area contributed by atoms with Crippen LogP contribution in [0, 0.1) is 0 Å². The number of carbonyl (C=O) groups is 1. The van der Waals surface area contributed by atoms with Crippen molar-refractivity contribution in [3.05, 3.63) is 10.4 Å². The molecule has 0 amide bonds. The van der Waals surface area contributed by atoms with Crippen molar-refractivity contribution >= 4 is 17.6 Å². The van der Waals surface area contributed by atoms with Gasteiger partial charge in [0, 0.05) is 17.2 Å². The molecule has 0 spiro atoms. The Morgan fingerprint density at radius 1 is 1.64 bits per heavy atom. The summed E-state index contributed by atoms with van der Waals surface area (Å²) >= 11 is 5.27. The van der Waals surface area contributed by atoms with Crippen LogP contribution in [0.5, 0.6) is 0 Å². The van der Waals surface area contributed by atoms with Crippen LogP contribution in [-0.4, -0.2) is 24.5 Å². The minimum atomic E-state index is -3.02. The van der Waals surface area contributed by atoms with E-state index in [1.54, 1.807) is 0 Å².